The number of unbranched alkanes of at least 4 members (excludes halogenated alkanes) is 2. The lowest BCUT2D eigenvalue weighted by atomic mass is 10.2. The lowest BCUT2D eigenvalue weighted by molar-refractivity contribution is -0.137. The van der Waals surface area contributed by atoms with Gasteiger partial charge in [0.25, 0.3) is 0 Å². The standard InChI is InChI=1S/C13H21NO2S/c1-2-11-7-9-17-12(11)10-14-8-5-3-4-6-13(15)16/h7,9,14H,2-6,8,10H2,1H3,(H,15,16). The SMILES string of the molecule is CCc1ccsc1CNCCCCCC(=O)O. The van der Waals surface area contributed by atoms with Gasteiger partial charge in [0.15, 0.2) is 0 Å². The Kier molecular flexibility index (Phi) is 6.89. The Balaban J connectivity index is 2.03. The quantitative estimate of drug-likeness (QED) is 0.667. The summed E-state index contributed by atoms with van der Waals surface area (Å²) in [5.74, 6) is -0.691. The predicted octanol–water partition coefficient (Wildman–Crippen LogP) is 3.05. The molecule has 1 heterocycles. The second-order valence-electron chi connectivity index (χ2n) is 4.10. The second-order valence-corrected chi connectivity index (χ2v) is 5.10. The molecular weight excluding hydrogens is 234 g/mol. The maximum Gasteiger partial charge on any atom is 0.303 e. The van der Waals surface area contributed by atoms with Crippen molar-refractivity contribution in [2.45, 2.75) is 45.6 Å². The van der Waals surface area contributed by atoms with E-state index in [0.29, 0.717) is 6.42 Å². The van der Waals surface area contributed by atoms with Gasteiger partial charge < -0.3 is 10.4 Å². The molecule has 1 rings (SSSR count). The Labute approximate surface area is 107 Å². The van der Waals surface area contributed by atoms with Crippen LogP contribution in [0.1, 0.15) is 43.0 Å². The fraction of sp³-hybridized carbons (Fsp3) is 0.615. The first-order valence-corrected chi connectivity index (χ1v) is 7.09. The molecule has 0 fully saturated rings. The minimum atomic E-state index is -0.691. The van der Waals surface area contributed by atoms with Gasteiger partial charge in [-0.2, -0.15) is 0 Å². The number of aliphatic carboxylic acids is 1. The number of nitrogens with one attached hydrogen (secondary N) is 1. The average molecular weight is 255 g/mol. The van der Waals surface area contributed by atoms with Gasteiger partial charge in [-0.3, -0.25) is 4.79 Å². The van der Waals surface area contributed by atoms with Crippen molar-refractivity contribution in [2.24, 2.45) is 0 Å². The zero-order chi connectivity index (χ0) is 12.5. The summed E-state index contributed by atoms with van der Waals surface area (Å²) in [7, 11) is 0. The highest BCUT2D eigenvalue weighted by Gasteiger charge is 2.01. The molecule has 0 unspecified atom stereocenters. The number of carboxylic acid groups (broad SMARTS) is 1. The summed E-state index contributed by atoms with van der Waals surface area (Å²) in [5.41, 5.74) is 1.44. The van der Waals surface area contributed by atoms with Crippen LogP contribution in [0.5, 0.6) is 0 Å². The molecule has 0 aliphatic carbocycles. The van der Waals surface area contributed by atoms with Crippen LogP contribution in [0.4, 0.5) is 0 Å². The summed E-state index contributed by atoms with van der Waals surface area (Å²) in [5, 5.41) is 14.0. The molecule has 0 saturated heterocycles. The fourth-order valence-corrected chi connectivity index (χ4v) is 2.69. The number of rotatable bonds is 9. The summed E-state index contributed by atoms with van der Waals surface area (Å²) >= 11 is 1.81. The molecule has 0 amide bonds. The van der Waals surface area contributed by atoms with Gasteiger partial charge in [0.1, 0.15) is 0 Å². The minimum absolute atomic E-state index is 0.297. The maximum atomic E-state index is 10.3. The van der Waals surface area contributed by atoms with Gasteiger partial charge in [0.05, 0.1) is 0 Å². The molecule has 0 aromatic carbocycles. The first-order chi connectivity index (χ1) is 8.24. The molecule has 0 bridgehead atoms. The number of hydrogen-bond donors (Lipinski definition) is 2. The molecule has 0 aliphatic rings. The lowest BCUT2D eigenvalue weighted by Crippen LogP contribution is -2.14. The lowest BCUT2D eigenvalue weighted by Gasteiger charge is -2.04. The third-order valence-electron chi connectivity index (χ3n) is 2.75. The molecule has 0 radical (unpaired) electrons. The molecule has 4 heteroatoms. The van der Waals surface area contributed by atoms with Gasteiger partial charge in [-0.05, 0) is 42.8 Å². The zero-order valence-corrected chi connectivity index (χ0v) is 11.2. The van der Waals surface area contributed by atoms with E-state index in [1.807, 2.05) is 0 Å². The normalized spacial score (nSPS) is 10.6. The van der Waals surface area contributed by atoms with Crippen LogP contribution in [0.15, 0.2) is 11.4 Å². The highest BCUT2D eigenvalue weighted by atomic mass is 32.1. The van der Waals surface area contributed by atoms with Crippen molar-refractivity contribution in [3.8, 4) is 0 Å². The highest BCUT2D eigenvalue weighted by molar-refractivity contribution is 7.10. The first kappa shape index (κ1) is 14.2. The van der Waals surface area contributed by atoms with Crippen molar-refractivity contribution >= 4 is 17.3 Å². The van der Waals surface area contributed by atoms with E-state index >= 15 is 0 Å². The molecule has 1 aromatic rings. The summed E-state index contributed by atoms with van der Waals surface area (Å²) in [6, 6.07) is 2.19. The molecule has 3 nitrogen and oxygen atoms in total. The molecule has 2 N–H and O–H groups in total. The molecule has 17 heavy (non-hydrogen) atoms. The summed E-state index contributed by atoms with van der Waals surface area (Å²) in [4.78, 5) is 11.7. The Bertz CT molecular complexity index is 336. The van der Waals surface area contributed by atoms with Crippen molar-refractivity contribution in [3.05, 3.63) is 21.9 Å². The highest BCUT2D eigenvalue weighted by Crippen LogP contribution is 2.16. The molecule has 0 aliphatic heterocycles. The monoisotopic (exact) mass is 255 g/mol. The first-order valence-electron chi connectivity index (χ1n) is 6.21. The van der Waals surface area contributed by atoms with E-state index in [2.05, 4.69) is 23.7 Å². The van der Waals surface area contributed by atoms with Crippen molar-refractivity contribution in [3.63, 3.8) is 0 Å². The van der Waals surface area contributed by atoms with Gasteiger partial charge in [-0.25, -0.2) is 0 Å². The van der Waals surface area contributed by atoms with Gasteiger partial charge in [0, 0.05) is 17.8 Å². The Morgan fingerprint density at radius 3 is 2.94 bits per heavy atom. The fourth-order valence-electron chi connectivity index (χ4n) is 1.74. The van der Waals surface area contributed by atoms with Gasteiger partial charge in [-0.15, -0.1) is 11.3 Å². The van der Waals surface area contributed by atoms with E-state index in [-0.39, 0.29) is 0 Å². The van der Waals surface area contributed by atoms with E-state index in [9.17, 15) is 4.79 Å². The van der Waals surface area contributed by atoms with E-state index < -0.39 is 5.97 Å². The predicted molar refractivity (Wildman–Crippen MR) is 71.5 cm³/mol. The zero-order valence-electron chi connectivity index (χ0n) is 10.4. The topological polar surface area (TPSA) is 49.3 Å². The molecule has 96 valence electrons. The van der Waals surface area contributed by atoms with Gasteiger partial charge >= 0.3 is 5.97 Å². The largest absolute Gasteiger partial charge is 0.481 e. The van der Waals surface area contributed by atoms with Crippen molar-refractivity contribution in [1.29, 1.82) is 0 Å². The van der Waals surface area contributed by atoms with Crippen LogP contribution in [0.25, 0.3) is 0 Å². The van der Waals surface area contributed by atoms with Crippen LogP contribution in [0.2, 0.25) is 0 Å². The van der Waals surface area contributed by atoms with E-state index in [4.69, 9.17) is 5.11 Å². The minimum Gasteiger partial charge on any atom is -0.481 e. The molecule has 1 aromatic heterocycles. The third kappa shape index (κ3) is 5.84. The van der Waals surface area contributed by atoms with E-state index in [1.165, 1.54) is 10.4 Å². The van der Waals surface area contributed by atoms with Gasteiger partial charge in [0.2, 0.25) is 0 Å². The van der Waals surface area contributed by atoms with Crippen molar-refractivity contribution in [2.75, 3.05) is 6.54 Å². The average Bonchev–Trinajstić information content (AvgIpc) is 2.74. The molecule has 0 saturated carbocycles. The number of thiophene rings is 1. The summed E-state index contributed by atoms with van der Waals surface area (Å²) in [6.45, 7) is 4.10. The number of aryl methyl sites for hydroxylation is 1. The van der Waals surface area contributed by atoms with Crippen LogP contribution >= 0.6 is 11.3 Å². The van der Waals surface area contributed by atoms with Crippen LogP contribution in [0, 0.1) is 0 Å². The van der Waals surface area contributed by atoms with Crippen molar-refractivity contribution in [1.82, 2.24) is 5.32 Å². The molecule has 0 spiro atoms. The van der Waals surface area contributed by atoms with Crippen molar-refractivity contribution < 1.29 is 9.90 Å². The van der Waals surface area contributed by atoms with Crippen LogP contribution in [-0.4, -0.2) is 17.6 Å². The van der Waals surface area contributed by atoms with Crippen LogP contribution in [0.3, 0.4) is 0 Å². The smallest absolute Gasteiger partial charge is 0.303 e. The van der Waals surface area contributed by atoms with Gasteiger partial charge in [-0.1, -0.05) is 13.3 Å². The van der Waals surface area contributed by atoms with Crippen LogP contribution < -0.4 is 5.32 Å². The molecule has 0 atom stereocenters. The van der Waals surface area contributed by atoms with Crippen LogP contribution in [-0.2, 0) is 17.8 Å². The number of hydrogen-bond acceptors (Lipinski definition) is 3. The Morgan fingerprint density at radius 2 is 2.24 bits per heavy atom. The van der Waals surface area contributed by atoms with E-state index in [0.717, 1.165) is 38.8 Å². The number of carbonyl (C=O) groups is 1. The second kappa shape index (κ2) is 8.25. The summed E-state index contributed by atoms with van der Waals surface area (Å²) in [6.07, 6.45) is 4.23. The third-order valence-corrected chi connectivity index (χ3v) is 3.71. The number of carboxylic acids is 1. The Morgan fingerprint density at radius 1 is 1.41 bits per heavy atom. The summed E-state index contributed by atoms with van der Waals surface area (Å²) < 4.78 is 0. The maximum absolute atomic E-state index is 10.3. The van der Waals surface area contributed by atoms with E-state index in [1.54, 1.807) is 11.3 Å². The Hall–Kier alpha value is -0.870. The molecular formula is C13H21NO2S.